The normalized spacial score (nSPS) is 15.3. The number of non-ortho nitro benzene ring substituents is 1. The summed E-state index contributed by atoms with van der Waals surface area (Å²) >= 11 is 5.41. The van der Waals surface area contributed by atoms with Crippen molar-refractivity contribution in [3.05, 3.63) is 64.2 Å². The van der Waals surface area contributed by atoms with Gasteiger partial charge in [-0.05, 0) is 42.0 Å². The molecule has 9 heteroatoms. The third-order valence-corrected chi connectivity index (χ3v) is 5.03. The van der Waals surface area contributed by atoms with Crippen LogP contribution >= 0.6 is 12.2 Å². The van der Waals surface area contributed by atoms with Crippen molar-refractivity contribution in [2.24, 2.45) is 0 Å². The molecule has 0 radical (unpaired) electrons. The van der Waals surface area contributed by atoms with Gasteiger partial charge in [0, 0.05) is 37.5 Å². The number of nitrogens with one attached hydrogen (secondary N) is 2. The zero-order valence-corrected chi connectivity index (χ0v) is 17.0. The second kappa shape index (κ2) is 10.1. The number of methoxy groups -OCH3 is 1. The molecule has 0 spiro atoms. The summed E-state index contributed by atoms with van der Waals surface area (Å²) in [7, 11) is 1.65. The van der Waals surface area contributed by atoms with Crippen LogP contribution in [-0.2, 0) is 4.74 Å². The lowest BCUT2D eigenvalue weighted by atomic mass is 10.0. The van der Waals surface area contributed by atoms with Crippen molar-refractivity contribution in [1.29, 1.82) is 0 Å². The Morgan fingerprint density at radius 3 is 2.45 bits per heavy atom. The molecule has 0 bridgehead atoms. The van der Waals surface area contributed by atoms with Crippen LogP contribution in [0.4, 0.5) is 11.4 Å². The minimum atomic E-state index is -0.428. The highest BCUT2D eigenvalue weighted by molar-refractivity contribution is 7.80. The number of anilines is 1. The van der Waals surface area contributed by atoms with Gasteiger partial charge < -0.3 is 20.1 Å². The van der Waals surface area contributed by atoms with E-state index in [1.165, 1.54) is 17.7 Å². The topological polar surface area (TPSA) is 88.9 Å². The maximum Gasteiger partial charge on any atom is 0.269 e. The highest BCUT2D eigenvalue weighted by Crippen LogP contribution is 2.24. The number of hydrogen-bond donors (Lipinski definition) is 2. The first kappa shape index (κ1) is 21.0. The van der Waals surface area contributed by atoms with Crippen molar-refractivity contribution in [3.63, 3.8) is 0 Å². The van der Waals surface area contributed by atoms with E-state index in [-0.39, 0.29) is 11.7 Å². The number of rotatable bonds is 7. The first-order chi connectivity index (χ1) is 14.1. The van der Waals surface area contributed by atoms with Crippen LogP contribution in [0, 0.1) is 10.1 Å². The van der Waals surface area contributed by atoms with E-state index >= 15 is 0 Å². The summed E-state index contributed by atoms with van der Waals surface area (Å²) in [5.74, 6) is 0.817. The van der Waals surface area contributed by atoms with Crippen LogP contribution < -0.4 is 15.4 Å². The predicted octanol–water partition coefficient (Wildman–Crippen LogP) is 2.96. The Bertz CT molecular complexity index is 823. The van der Waals surface area contributed by atoms with E-state index in [1.807, 2.05) is 12.1 Å². The highest BCUT2D eigenvalue weighted by atomic mass is 32.1. The fourth-order valence-electron chi connectivity index (χ4n) is 3.20. The standard InChI is InChI=1S/C20H24N4O4S/c1-27-18-8-2-15(3-9-18)19(23-10-12-28-13-11-23)14-21-20(29)22-16-4-6-17(7-5-16)24(25)26/h2-9,19H,10-14H2,1H3,(H2,21,22,29)/t19-/m1/s1. The lowest BCUT2D eigenvalue weighted by molar-refractivity contribution is -0.384. The molecular weight excluding hydrogens is 392 g/mol. The molecule has 0 saturated carbocycles. The van der Waals surface area contributed by atoms with Gasteiger partial charge in [0.25, 0.3) is 5.69 Å². The first-order valence-electron chi connectivity index (χ1n) is 9.32. The quantitative estimate of drug-likeness (QED) is 0.405. The van der Waals surface area contributed by atoms with Crippen molar-refractivity contribution in [3.8, 4) is 5.75 Å². The second-order valence-corrected chi connectivity index (χ2v) is 6.98. The first-order valence-corrected chi connectivity index (χ1v) is 9.72. The van der Waals surface area contributed by atoms with Gasteiger partial charge in [0.05, 0.1) is 31.3 Å². The number of ether oxygens (including phenoxy) is 2. The number of nitro benzene ring substituents is 1. The largest absolute Gasteiger partial charge is 0.497 e. The van der Waals surface area contributed by atoms with Gasteiger partial charge in [0.15, 0.2) is 5.11 Å². The third kappa shape index (κ3) is 5.86. The van der Waals surface area contributed by atoms with Crippen LogP contribution in [-0.4, -0.2) is 54.9 Å². The van der Waals surface area contributed by atoms with Crippen molar-refractivity contribution in [2.45, 2.75) is 6.04 Å². The number of morpholine rings is 1. The molecule has 0 unspecified atom stereocenters. The number of hydrogen-bond acceptors (Lipinski definition) is 6. The van der Waals surface area contributed by atoms with Crippen LogP contribution in [0.15, 0.2) is 48.5 Å². The Morgan fingerprint density at radius 1 is 1.21 bits per heavy atom. The molecule has 1 saturated heterocycles. The molecule has 2 aromatic carbocycles. The van der Waals surface area contributed by atoms with Gasteiger partial charge in [-0.25, -0.2) is 0 Å². The summed E-state index contributed by atoms with van der Waals surface area (Å²) in [4.78, 5) is 12.7. The maximum absolute atomic E-state index is 10.8. The maximum atomic E-state index is 10.8. The zero-order chi connectivity index (χ0) is 20.6. The Morgan fingerprint density at radius 2 is 1.86 bits per heavy atom. The van der Waals surface area contributed by atoms with Crippen LogP contribution in [0.25, 0.3) is 0 Å². The summed E-state index contributed by atoms with van der Waals surface area (Å²) in [5, 5.41) is 17.6. The Balaban J connectivity index is 1.63. The van der Waals surface area contributed by atoms with E-state index in [2.05, 4.69) is 27.7 Å². The summed E-state index contributed by atoms with van der Waals surface area (Å²) in [5.41, 5.74) is 1.90. The molecule has 3 rings (SSSR count). The smallest absolute Gasteiger partial charge is 0.269 e. The Kier molecular flexibility index (Phi) is 7.34. The molecule has 154 valence electrons. The van der Waals surface area contributed by atoms with Gasteiger partial charge in [-0.2, -0.15) is 0 Å². The van der Waals surface area contributed by atoms with E-state index in [9.17, 15) is 10.1 Å². The molecular formula is C20H24N4O4S. The predicted molar refractivity (Wildman–Crippen MR) is 115 cm³/mol. The molecule has 0 aliphatic carbocycles. The number of thiocarbonyl (C=S) groups is 1. The fraction of sp³-hybridized carbons (Fsp3) is 0.350. The fourth-order valence-corrected chi connectivity index (χ4v) is 3.41. The van der Waals surface area contributed by atoms with E-state index in [0.29, 0.717) is 30.6 Å². The molecule has 1 aliphatic heterocycles. The van der Waals surface area contributed by atoms with E-state index in [4.69, 9.17) is 21.7 Å². The Hall–Kier alpha value is -2.75. The SMILES string of the molecule is COc1ccc([C@@H](CNC(=S)Nc2ccc([N+](=O)[O-])cc2)N2CCOCC2)cc1. The van der Waals surface area contributed by atoms with Crippen molar-refractivity contribution >= 4 is 28.7 Å². The molecule has 0 amide bonds. The second-order valence-electron chi connectivity index (χ2n) is 6.58. The molecule has 0 aromatic heterocycles. The molecule has 1 fully saturated rings. The molecule has 1 atom stereocenters. The van der Waals surface area contributed by atoms with Gasteiger partial charge in [-0.1, -0.05) is 12.1 Å². The van der Waals surface area contributed by atoms with Crippen LogP contribution in [0.1, 0.15) is 11.6 Å². The average molecular weight is 417 g/mol. The number of nitrogens with zero attached hydrogens (tertiary/aromatic N) is 2. The molecule has 1 heterocycles. The van der Waals surface area contributed by atoms with Crippen molar-refractivity contribution in [1.82, 2.24) is 10.2 Å². The average Bonchev–Trinajstić information content (AvgIpc) is 2.75. The van der Waals surface area contributed by atoms with Crippen LogP contribution in [0.2, 0.25) is 0 Å². The van der Waals surface area contributed by atoms with Gasteiger partial charge in [0.2, 0.25) is 0 Å². The van der Waals surface area contributed by atoms with Crippen molar-refractivity contribution in [2.75, 3.05) is 45.3 Å². The summed E-state index contributed by atoms with van der Waals surface area (Å²) in [6.07, 6.45) is 0. The van der Waals surface area contributed by atoms with Gasteiger partial charge in [-0.15, -0.1) is 0 Å². The van der Waals surface area contributed by atoms with Gasteiger partial charge >= 0.3 is 0 Å². The zero-order valence-electron chi connectivity index (χ0n) is 16.2. The monoisotopic (exact) mass is 416 g/mol. The number of nitro groups is 1. The third-order valence-electron chi connectivity index (χ3n) is 4.78. The minimum Gasteiger partial charge on any atom is -0.497 e. The van der Waals surface area contributed by atoms with E-state index in [0.717, 1.165) is 18.8 Å². The van der Waals surface area contributed by atoms with Gasteiger partial charge in [0.1, 0.15) is 5.75 Å². The number of benzene rings is 2. The summed E-state index contributed by atoms with van der Waals surface area (Å²) < 4.78 is 10.7. The summed E-state index contributed by atoms with van der Waals surface area (Å²) in [6, 6.07) is 14.3. The van der Waals surface area contributed by atoms with E-state index in [1.54, 1.807) is 19.2 Å². The van der Waals surface area contributed by atoms with Gasteiger partial charge in [-0.3, -0.25) is 15.0 Å². The minimum absolute atomic E-state index is 0.0429. The summed E-state index contributed by atoms with van der Waals surface area (Å²) in [6.45, 7) is 3.73. The van der Waals surface area contributed by atoms with Crippen molar-refractivity contribution < 1.29 is 14.4 Å². The molecule has 29 heavy (non-hydrogen) atoms. The Labute approximate surface area is 175 Å². The molecule has 2 N–H and O–H groups in total. The molecule has 8 nitrogen and oxygen atoms in total. The highest BCUT2D eigenvalue weighted by Gasteiger charge is 2.23. The lowest BCUT2D eigenvalue weighted by Gasteiger charge is -2.35. The molecule has 2 aromatic rings. The van der Waals surface area contributed by atoms with Crippen LogP contribution in [0.3, 0.4) is 0 Å². The van der Waals surface area contributed by atoms with Crippen LogP contribution in [0.5, 0.6) is 5.75 Å². The molecule has 1 aliphatic rings. The van der Waals surface area contributed by atoms with E-state index < -0.39 is 4.92 Å². The lowest BCUT2D eigenvalue weighted by Crippen LogP contribution is -2.44.